The Morgan fingerprint density at radius 2 is 2.07 bits per heavy atom. The molecule has 4 heteroatoms. The lowest BCUT2D eigenvalue weighted by molar-refractivity contribution is -0.138. The third kappa shape index (κ3) is 1.85. The Hall–Kier alpha value is -1.16. The van der Waals surface area contributed by atoms with Crippen molar-refractivity contribution in [2.75, 3.05) is 19.8 Å². The lowest BCUT2D eigenvalue weighted by atomic mass is 10.0. The van der Waals surface area contributed by atoms with E-state index in [4.69, 9.17) is 4.74 Å². The summed E-state index contributed by atoms with van der Waals surface area (Å²) in [5.41, 5.74) is 0. The summed E-state index contributed by atoms with van der Waals surface area (Å²) in [6.07, 6.45) is 4.71. The standard InChI is InChI=1S/C10H13NO3/c12-9-3-4-10(13)11(9)6-8-2-1-5-14-7-8/h3-4,8H,1-2,5-7H2. The van der Waals surface area contributed by atoms with E-state index in [-0.39, 0.29) is 11.8 Å². The lowest BCUT2D eigenvalue weighted by Crippen LogP contribution is -2.37. The van der Waals surface area contributed by atoms with E-state index in [0.29, 0.717) is 19.1 Å². The molecule has 14 heavy (non-hydrogen) atoms. The SMILES string of the molecule is O=C1C=CC(=O)N1CC1CCCOC1. The highest BCUT2D eigenvalue weighted by molar-refractivity contribution is 6.12. The van der Waals surface area contributed by atoms with Gasteiger partial charge in [0.05, 0.1) is 6.61 Å². The van der Waals surface area contributed by atoms with Crippen LogP contribution < -0.4 is 0 Å². The van der Waals surface area contributed by atoms with Crippen LogP contribution >= 0.6 is 0 Å². The van der Waals surface area contributed by atoms with E-state index >= 15 is 0 Å². The van der Waals surface area contributed by atoms with Crippen molar-refractivity contribution in [2.24, 2.45) is 5.92 Å². The van der Waals surface area contributed by atoms with Crippen LogP contribution in [0.25, 0.3) is 0 Å². The van der Waals surface area contributed by atoms with Crippen LogP contribution in [0, 0.1) is 5.92 Å². The molecule has 1 fully saturated rings. The number of carbonyl (C=O) groups is 2. The van der Waals surface area contributed by atoms with E-state index in [2.05, 4.69) is 0 Å². The number of hydrogen-bond donors (Lipinski definition) is 0. The molecular weight excluding hydrogens is 182 g/mol. The molecule has 1 unspecified atom stereocenters. The van der Waals surface area contributed by atoms with E-state index in [0.717, 1.165) is 19.4 Å². The second-order valence-corrected chi connectivity index (χ2v) is 3.70. The molecule has 2 rings (SSSR count). The van der Waals surface area contributed by atoms with Gasteiger partial charge in [-0.25, -0.2) is 0 Å². The Morgan fingerprint density at radius 1 is 1.36 bits per heavy atom. The van der Waals surface area contributed by atoms with Gasteiger partial charge in [-0.3, -0.25) is 14.5 Å². The molecule has 0 aromatic heterocycles. The van der Waals surface area contributed by atoms with Crippen molar-refractivity contribution < 1.29 is 14.3 Å². The van der Waals surface area contributed by atoms with Crippen LogP contribution in [0.5, 0.6) is 0 Å². The molecule has 0 aromatic rings. The molecule has 2 amide bonds. The molecule has 0 bridgehead atoms. The van der Waals surface area contributed by atoms with E-state index in [9.17, 15) is 9.59 Å². The number of rotatable bonds is 2. The lowest BCUT2D eigenvalue weighted by Gasteiger charge is -2.25. The fourth-order valence-corrected chi connectivity index (χ4v) is 1.82. The Morgan fingerprint density at radius 3 is 2.64 bits per heavy atom. The van der Waals surface area contributed by atoms with Crippen molar-refractivity contribution in [1.29, 1.82) is 0 Å². The molecule has 76 valence electrons. The first-order valence-corrected chi connectivity index (χ1v) is 4.88. The zero-order valence-electron chi connectivity index (χ0n) is 7.94. The van der Waals surface area contributed by atoms with Crippen LogP contribution in [0.15, 0.2) is 12.2 Å². The molecule has 0 aliphatic carbocycles. The maximum absolute atomic E-state index is 11.2. The largest absolute Gasteiger partial charge is 0.381 e. The summed E-state index contributed by atoms with van der Waals surface area (Å²) in [5, 5.41) is 0. The highest BCUT2D eigenvalue weighted by Crippen LogP contribution is 2.16. The molecule has 2 aliphatic rings. The van der Waals surface area contributed by atoms with E-state index in [1.165, 1.54) is 17.1 Å². The molecule has 0 saturated carbocycles. The molecule has 0 radical (unpaired) electrons. The van der Waals surface area contributed by atoms with Crippen LogP contribution in [0.1, 0.15) is 12.8 Å². The molecule has 2 heterocycles. The zero-order chi connectivity index (χ0) is 9.97. The normalized spacial score (nSPS) is 27.4. The van der Waals surface area contributed by atoms with Crippen LogP contribution in [0.4, 0.5) is 0 Å². The Balaban J connectivity index is 1.90. The number of ether oxygens (including phenoxy) is 1. The summed E-state index contributed by atoms with van der Waals surface area (Å²) in [5.74, 6) is -0.0716. The second-order valence-electron chi connectivity index (χ2n) is 3.70. The van der Waals surface area contributed by atoms with Gasteiger partial charge in [-0.05, 0) is 12.8 Å². The van der Waals surface area contributed by atoms with Gasteiger partial charge in [-0.2, -0.15) is 0 Å². The number of imide groups is 1. The number of carbonyl (C=O) groups excluding carboxylic acids is 2. The van der Waals surface area contributed by atoms with Crippen LogP contribution in [0.2, 0.25) is 0 Å². The molecule has 4 nitrogen and oxygen atoms in total. The van der Waals surface area contributed by atoms with Gasteiger partial charge in [0.15, 0.2) is 0 Å². The summed E-state index contributed by atoms with van der Waals surface area (Å²) in [7, 11) is 0. The molecule has 0 aromatic carbocycles. The second kappa shape index (κ2) is 3.92. The van der Waals surface area contributed by atoms with Crippen LogP contribution in [0.3, 0.4) is 0 Å². The Labute approximate surface area is 82.5 Å². The number of hydrogen-bond acceptors (Lipinski definition) is 3. The van der Waals surface area contributed by atoms with Gasteiger partial charge in [-0.1, -0.05) is 0 Å². The van der Waals surface area contributed by atoms with Gasteiger partial charge >= 0.3 is 0 Å². The Bertz CT molecular complexity index is 261. The highest BCUT2D eigenvalue weighted by Gasteiger charge is 2.27. The van der Waals surface area contributed by atoms with Crippen molar-refractivity contribution in [3.63, 3.8) is 0 Å². The molecule has 1 saturated heterocycles. The summed E-state index contributed by atoms with van der Waals surface area (Å²) in [6, 6.07) is 0. The highest BCUT2D eigenvalue weighted by atomic mass is 16.5. The topological polar surface area (TPSA) is 46.6 Å². The smallest absolute Gasteiger partial charge is 0.253 e. The van der Waals surface area contributed by atoms with Crippen molar-refractivity contribution in [3.8, 4) is 0 Å². The van der Waals surface area contributed by atoms with Crippen LogP contribution in [-0.4, -0.2) is 36.5 Å². The average Bonchev–Trinajstić information content (AvgIpc) is 2.51. The van der Waals surface area contributed by atoms with Gasteiger partial charge in [0.2, 0.25) is 0 Å². The summed E-state index contributed by atoms with van der Waals surface area (Å²) in [4.78, 5) is 23.8. The van der Waals surface area contributed by atoms with E-state index < -0.39 is 0 Å². The first-order chi connectivity index (χ1) is 6.77. The molecule has 2 aliphatic heterocycles. The van der Waals surface area contributed by atoms with Gasteiger partial charge in [-0.15, -0.1) is 0 Å². The maximum Gasteiger partial charge on any atom is 0.253 e. The van der Waals surface area contributed by atoms with Gasteiger partial charge in [0, 0.05) is 31.2 Å². The van der Waals surface area contributed by atoms with Crippen molar-refractivity contribution in [1.82, 2.24) is 4.90 Å². The molecular formula is C10H13NO3. The Kier molecular flexibility index (Phi) is 2.63. The third-order valence-corrected chi connectivity index (χ3v) is 2.60. The summed E-state index contributed by atoms with van der Waals surface area (Å²) < 4.78 is 5.29. The fourth-order valence-electron chi connectivity index (χ4n) is 1.82. The average molecular weight is 195 g/mol. The van der Waals surface area contributed by atoms with Crippen molar-refractivity contribution in [2.45, 2.75) is 12.8 Å². The molecule has 0 N–H and O–H groups in total. The maximum atomic E-state index is 11.2. The van der Waals surface area contributed by atoms with Crippen LogP contribution in [-0.2, 0) is 14.3 Å². The minimum atomic E-state index is -0.194. The van der Waals surface area contributed by atoms with Gasteiger partial charge < -0.3 is 4.74 Å². The summed E-state index contributed by atoms with van der Waals surface area (Å²) >= 11 is 0. The minimum absolute atomic E-state index is 0.194. The molecule has 1 atom stereocenters. The summed E-state index contributed by atoms with van der Waals surface area (Å²) in [6.45, 7) is 1.97. The predicted octanol–water partition coefficient (Wildman–Crippen LogP) is 0.338. The molecule has 0 spiro atoms. The zero-order valence-corrected chi connectivity index (χ0v) is 7.94. The quantitative estimate of drug-likeness (QED) is 0.597. The van der Waals surface area contributed by atoms with Crippen molar-refractivity contribution >= 4 is 11.8 Å². The van der Waals surface area contributed by atoms with Crippen molar-refractivity contribution in [3.05, 3.63) is 12.2 Å². The minimum Gasteiger partial charge on any atom is -0.381 e. The predicted molar refractivity (Wildman–Crippen MR) is 49.4 cm³/mol. The number of amides is 2. The van der Waals surface area contributed by atoms with Gasteiger partial charge in [0.25, 0.3) is 11.8 Å². The van der Waals surface area contributed by atoms with E-state index in [1.54, 1.807) is 0 Å². The first kappa shape index (κ1) is 9.40. The van der Waals surface area contributed by atoms with E-state index in [1.807, 2.05) is 0 Å². The monoisotopic (exact) mass is 195 g/mol. The fraction of sp³-hybridized carbons (Fsp3) is 0.600. The number of nitrogens with zero attached hydrogens (tertiary/aromatic N) is 1. The third-order valence-electron chi connectivity index (χ3n) is 2.60. The first-order valence-electron chi connectivity index (χ1n) is 4.88. The van der Waals surface area contributed by atoms with Gasteiger partial charge in [0.1, 0.15) is 0 Å².